The Kier molecular flexibility index (Phi) is 4.08. The van der Waals surface area contributed by atoms with Gasteiger partial charge in [-0.2, -0.15) is 0 Å². The first kappa shape index (κ1) is 12.0. The van der Waals surface area contributed by atoms with Gasteiger partial charge in [-0.05, 0) is 20.8 Å². The normalized spacial score (nSPS) is 21.7. The molecule has 1 aliphatic heterocycles. The van der Waals surface area contributed by atoms with Crippen LogP contribution in [0.5, 0.6) is 0 Å². The van der Waals surface area contributed by atoms with Gasteiger partial charge in [0.25, 0.3) is 0 Å². The number of carbonyl (C=O) groups excluding carboxylic acids is 2. The van der Waals surface area contributed by atoms with Crippen molar-refractivity contribution in [2.75, 3.05) is 19.7 Å². The fourth-order valence-electron chi connectivity index (χ4n) is 1.44. The van der Waals surface area contributed by atoms with E-state index in [9.17, 15) is 9.59 Å². The molecule has 0 aromatic carbocycles. The molecule has 0 radical (unpaired) electrons. The monoisotopic (exact) mass is 214 g/mol. The maximum absolute atomic E-state index is 11.7. The summed E-state index contributed by atoms with van der Waals surface area (Å²) in [6.07, 6.45) is 0.0304. The van der Waals surface area contributed by atoms with Crippen molar-refractivity contribution < 1.29 is 14.3 Å². The zero-order valence-electron chi connectivity index (χ0n) is 9.45. The Balaban J connectivity index is 2.47. The lowest BCUT2D eigenvalue weighted by atomic mass is 10.2. The highest BCUT2D eigenvalue weighted by Crippen LogP contribution is 2.04. The van der Waals surface area contributed by atoms with Crippen LogP contribution in [-0.4, -0.2) is 48.6 Å². The second-order valence-electron chi connectivity index (χ2n) is 3.91. The van der Waals surface area contributed by atoms with Crippen molar-refractivity contribution in [2.45, 2.75) is 32.9 Å². The fourth-order valence-corrected chi connectivity index (χ4v) is 1.44. The van der Waals surface area contributed by atoms with Gasteiger partial charge in [0.1, 0.15) is 12.6 Å². The quantitative estimate of drug-likeness (QED) is 0.705. The third-order valence-corrected chi connectivity index (χ3v) is 2.36. The summed E-state index contributed by atoms with van der Waals surface area (Å²) in [5.74, 6) is -0.217. The van der Waals surface area contributed by atoms with Gasteiger partial charge in [0, 0.05) is 13.1 Å². The number of hydrogen-bond acceptors (Lipinski definition) is 3. The van der Waals surface area contributed by atoms with Crippen LogP contribution in [0.2, 0.25) is 0 Å². The lowest BCUT2D eigenvalue weighted by Gasteiger charge is -2.32. The van der Waals surface area contributed by atoms with Crippen molar-refractivity contribution in [3.8, 4) is 0 Å². The summed E-state index contributed by atoms with van der Waals surface area (Å²) < 4.78 is 5.22. The molecule has 1 heterocycles. The molecule has 1 saturated heterocycles. The molecule has 1 aliphatic rings. The molecule has 5 heteroatoms. The van der Waals surface area contributed by atoms with Gasteiger partial charge in [0.05, 0.1) is 6.10 Å². The number of piperazine rings is 1. The molecule has 1 atom stereocenters. The van der Waals surface area contributed by atoms with E-state index in [4.69, 9.17) is 4.74 Å². The van der Waals surface area contributed by atoms with Crippen LogP contribution in [0.4, 0.5) is 0 Å². The van der Waals surface area contributed by atoms with E-state index in [0.717, 1.165) is 0 Å². The number of hydrogen-bond donors (Lipinski definition) is 1. The average molecular weight is 214 g/mol. The van der Waals surface area contributed by atoms with Crippen molar-refractivity contribution in [2.24, 2.45) is 0 Å². The lowest BCUT2D eigenvalue weighted by molar-refractivity contribution is -0.146. The first-order chi connectivity index (χ1) is 7.02. The molecular weight excluding hydrogens is 196 g/mol. The van der Waals surface area contributed by atoms with E-state index >= 15 is 0 Å². The van der Waals surface area contributed by atoms with Crippen molar-refractivity contribution in [1.29, 1.82) is 0 Å². The number of nitrogens with zero attached hydrogens (tertiary/aromatic N) is 1. The summed E-state index contributed by atoms with van der Waals surface area (Å²) in [4.78, 5) is 24.5. The van der Waals surface area contributed by atoms with Gasteiger partial charge in [0.15, 0.2) is 0 Å². The molecule has 5 nitrogen and oxygen atoms in total. The van der Waals surface area contributed by atoms with Crippen LogP contribution in [0.3, 0.4) is 0 Å². The molecule has 1 rings (SSSR count). The predicted molar refractivity (Wildman–Crippen MR) is 55.3 cm³/mol. The van der Waals surface area contributed by atoms with Crippen molar-refractivity contribution in [3.05, 3.63) is 0 Å². The van der Waals surface area contributed by atoms with Crippen LogP contribution in [0, 0.1) is 0 Å². The van der Waals surface area contributed by atoms with E-state index in [-0.39, 0.29) is 30.6 Å². The molecule has 0 aromatic heterocycles. The molecule has 1 fully saturated rings. The van der Waals surface area contributed by atoms with E-state index in [2.05, 4.69) is 5.32 Å². The van der Waals surface area contributed by atoms with E-state index < -0.39 is 0 Å². The van der Waals surface area contributed by atoms with Gasteiger partial charge in [-0.1, -0.05) is 0 Å². The summed E-state index contributed by atoms with van der Waals surface area (Å²) in [7, 11) is 0. The number of carbonyl (C=O) groups is 2. The maximum atomic E-state index is 11.7. The molecule has 0 spiro atoms. The highest BCUT2D eigenvalue weighted by molar-refractivity contribution is 5.88. The Bertz CT molecular complexity index is 253. The molecule has 0 aliphatic carbocycles. The first-order valence-electron chi connectivity index (χ1n) is 5.21. The van der Waals surface area contributed by atoms with Crippen molar-refractivity contribution in [1.82, 2.24) is 10.2 Å². The fraction of sp³-hybridized carbons (Fsp3) is 0.800. The second kappa shape index (κ2) is 5.11. The Morgan fingerprint density at radius 3 is 2.93 bits per heavy atom. The Morgan fingerprint density at radius 1 is 1.67 bits per heavy atom. The molecule has 2 amide bonds. The van der Waals surface area contributed by atoms with Crippen LogP contribution in [0.25, 0.3) is 0 Å². The molecule has 86 valence electrons. The van der Waals surface area contributed by atoms with Gasteiger partial charge >= 0.3 is 0 Å². The highest BCUT2D eigenvalue weighted by Gasteiger charge is 2.28. The van der Waals surface area contributed by atoms with Crippen LogP contribution in [0.15, 0.2) is 0 Å². The highest BCUT2D eigenvalue weighted by atomic mass is 16.5. The van der Waals surface area contributed by atoms with Crippen LogP contribution >= 0.6 is 0 Å². The smallest absolute Gasteiger partial charge is 0.249 e. The number of rotatable bonds is 3. The standard InChI is InChI=1S/C10H18N2O3/c1-7(2)15-6-9(13)12-5-4-11-10(14)8(12)3/h7-8H,4-6H2,1-3H3,(H,11,14). The minimum Gasteiger partial charge on any atom is -0.369 e. The summed E-state index contributed by atoms with van der Waals surface area (Å²) in [5, 5.41) is 2.71. The molecule has 0 aromatic rings. The van der Waals surface area contributed by atoms with Gasteiger partial charge < -0.3 is 15.0 Å². The van der Waals surface area contributed by atoms with Crippen LogP contribution in [-0.2, 0) is 14.3 Å². The lowest BCUT2D eigenvalue weighted by Crippen LogP contribution is -2.56. The Hall–Kier alpha value is -1.10. The van der Waals surface area contributed by atoms with Gasteiger partial charge in [0.2, 0.25) is 11.8 Å². The van der Waals surface area contributed by atoms with E-state index in [1.54, 1.807) is 11.8 Å². The van der Waals surface area contributed by atoms with Crippen LogP contribution < -0.4 is 5.32 Å². The minimum absolute atomic E-state index is 0.0304. The first-order valence-corrected chi connectivity index (χ1v) is 5.21. The number of ether oxygens (including phenoxy) is 1. The third kappa shape index (κ3) is 3.20. The summed E-state index contributed by atoms with van der Waals surface area (Å²) >= 11 is 0. The number of nitrogens with one attached hydrogen (secondary N) is 1. The molecule has 1 N–H and O–H groups in total. The Labute approximate surface area is 89.8 Å². The maximum Gasteiger partial charge on any atom is 0.249 e. The minimum atomic E-state index is -0.387. The topological polar surface area (TPSA) is 58.6 Å². The SMILES string of the molecule is CC(C)OCC(=O)N1CCNC(=O)C1C. The molecule has 15 heavy (non-hydrogen) atoms. The molecule has 1 unspecified atom stereocenters. The van der Waals surface area contributed by atoms with Crippen LogP contribution in [0.1, 0.15) is 20.8 Å². The van der Waals surface area contributed by atoms with E-state index in [1.165, 1.54) is 0 Å². The second-order valence-corrected chi connectivity index (χ2v) is 3.91. The average Bonchev–Trinajstić information content (AvgIpc) is 2.18. The Morgan fingerprint density at radius 2 is 2.33 bits per heavy atom. The van der Waals surface area contributed by atoms with Gasteiger partial charge in [-0.15, -0.1) is 0 Å². The zero-order valence-corrected chi connectivity index (χ0v) is 9.45. The van der Waals surface area contributed by atoms with Crippen molar-refractivity contribution >= 4 is 11.8 Å². The van der Waals surface area contributed by atoms with E-state index in [1.807, 2.05) is 13.8 Å². The van der Waals surface area contributed by atoms with Crippen molar-refractivity contribution in [3.63, 3.8) is 0 Å². The van der Waals surface area contributed by atoms with Gasteiger partial charge in [-0.25, -0.2) is 0 Å². The summed E-state index contributed by atoms with van der Waals surface area (Å²) in [6.45, 7) is 6.61. The number of amides is 2. The zero-order chi connectivity index (χ0) is 11.4. The van der Waals surface area contributed by atoms with E-state index in [0.29, 0.717) is 13.1 Å². The predicted octanol–water partition coefficient (Wildman–Crippen LogP) is -0.242. The third-order valence-electron chi connectivity index (χ3n) is 2.36. The summed E-state index contributed by atoms with van der Waals surface area (Å²) in [6, 6.07) is -0.387. The van der Waals surface area contributed by atoms with Gasteiger partial charge in [-0.3, -0.25) is 9.59 Å². The largest absolute Gasteiger partial charge is 0.369 e. The molecule has 0 bridgehead atoms. The molecular formula is C10H18N2O3. The summed E-state index contributed by atoms with van der Waals surface area (Å²) in [5.41, 5.74) is 0. The molecule has 0 saturated carbocycles.